The lowest BCUT2D eigenvalue weighted by Gasteiger charge is -2.36. The summed E-state index contributed by atoms with van der Waals surface area (Å²) in [6.07, 6.45) is -5.50. The van der Waals surface area contributed by atoms with E-state index in [0.29, 0.717) is 0 Å². The lowest BCUT2D eigenvalue weighted by atomic mass is 9.96. The van der Waals surface area contributed by atoms with Gasteiger partial charge in [0.05, 0.1) is 0 Å². The van der Waals surface area contributed by atoms with Crippen molar-refractivity contribution in [3.63, 3.8) is 0 Å². The highest BCUT2D eigenvalue weighted by molar-refractivity contribution is 5.74. The molecule has 0 aliphatic carbocycles. The van der Waals surface area contributed by atoms with Crippen LogP contribution >= 0.6 is 0 Å². The summed E-state index contributed by atoms with van der Waals surface area (Å²) in [7, 11) is 0. The Morgan fingerprint density at radius 3 is 2.13 bits per heavy atom. The Balaban J connectivity index is 4.92. The van der Waals surface area contributed by atoms with Gasteiger partial charge in [-0.1, -0.05) is 0 Å². The predicted molar refractivity (Wildman–Crippen MR) is 48.5 cm³/mol. The molecule has 88 valence electrons. The summed E-state index contributed by atoms with van der Waals surface area (Å²) in [5, 5.41) is 39.1. The summed E-state index contributed by atoms with van der Waals surface area (Å²) in [4.78, 5) is 20.9. The zero-order valence-corrected chi connectivity index (χ0v) is 8.41. The van der Waals surface area contributed by atoms with E-state index in [9.17, 15) is 24.9 Å². The molecule has 1 amide bonds. The minimum absolute atomic E-state index is 0.0141. The van der Waals surface area contributed by atoms with Crippen LogP contribution in [0.1, 0.15) is 13.8 Å². The van der Waals surface area contributed by atoms with Crippen LogP contribution in [0.25, 0.3) is 0 Å². The van der Waals surface area contributed by atoms with Gasteiger partial charge >= 0.3 is 0 Å². The molecule has 0 aromatic carbocycles. The zero-order valence-electron chi connectivity index (χ0n) is 8.41. The Hall–Kier alpha value is -1.02. The van der Waals surface area contributed by atoms with Gasteiger partial charge in [0.1, 0.15) is 18.3 Å². The van der Waals surface area contributed by atoms with Gasteiger partial charge in [-0.25, -0.2) is 0 Å². The van der Waals surface area contributed by atoms with Crippen molar-refractivity contribution in [3.8, 4) is 0 Å². The summed E-state index contributed by atoms with van der Waals surface area (Å²) in [6, 6.07) is 0. The molecule has 0 rings (SSSR count). The van der Waals surface area contributed by atoms with Gasteiger partial charge in [-0.05, 0) is 6.92 Å². The molecule has 0 aliphatic heterocycles. The third-order valence-electron chi connectivity index (χ3n) is 1.93. The molecule has 0 saturated heterocycles. The van der Waals surface area contributed by atoms with Gasteiger partial charge in [-0.2, -0.15) is 0 Å². The van der Waals surface area contributed by atoms with E-state index >= 15 is 0 Å². The highest BCUT2D eigenvalue weighted by Crippen LogP contribution is 2.15. The summed E-state index contributed by atoms with van der Waals surface area (Å²) in [6.45, 7) is 2.14. The van der Waals surface area contributed by atoms with Crippen molar-refractivity contribution in [2.45, 2.75) is 37.9 Å². The van der Waals surface area contributed by atoms with Gasteiger partial charge in [0.2, 0.25) is 5.91 Å². The summed E-state index contributed by atoms with van der Waals surface area (Å²) in [5.74, 6) is -0.726. The van der Waals surface area contributed by atoms with Gasteiger partial charge in [-0.15, -0.1) is 0 Å². The first kappa shape index (κ1) is 14.0. The number of aliphatic hydroxyl groups is 4. The smallest absolute Gasteiger partial charge is 0.219 e. The van der Waals surface area contributed by atoms with Gasteiger partial charge in [0.15, 0.2) is 12.0 Å². The number of aldehydes is 1. The average Bonchev–Trinajstić information content (AvgIpc) is 2.13. The van der Waals surface area contributed by atoms with Crippen LogP contribution in [0.15, 0.2) is 0 Å². The number of carbonyl (C=O) groups is 2. The Bertz CT molecular complexity index is 243. The van der Waals surface area contributed by atoms with E-state index in [4.69, 9.17) is 5.11 Å². The number of rotatable bonds is 5. The third kappa shape index (κ3) is 3.24. The molecule has 5 N–H and O–H groups in total. The van der Waals surface area contributed by atoms with Crippen molar-refractivity contribution in [1.82, 2.24) is 5.32 Å². The van der Waals surface area contributed by atoms with E-state index < -0.39 is 29.9 Å². The molecule has 0 radical (unpaired) electrons. The van der Waals surface area contributed by atoms with Crippen LogP contribution in [-0.4, -0.2) is 56.7 Å². The first-order valence-electron chi connectivity index (χ1n) is 4.26. The molecule has 4 atom stereocenters. The standard InChI is InChI=1S/C8H15NO6/c1-4(11)8(15,9-5(2)12)7(14)6(13)3-10/h3-4,6-7,11,13-15H,1-2H3,(H,9,12)/t4-,6+,7-,8+/m1/s1. The second-order valence-electron chi connectivity index (χ2n) is 3.25. The molecular formula is C8H15NO6. The number of amides is 1. The predicted octanol–water partition coefficient (Wildman–Crippen LogP) is -2.89. The molecule has 0 fully saturated rings. The molecule has 0 aromatic heterocycles. The van der Waals surface area contributed by atoms with Crippen molar-refractivity contribution < 1.29 is 30.0 Å². The van der Waals surface area contributed by atoms with Gasteiger partial charge in [-0.3, -0.25) is 4.79 Å². The van der Waals surface area contributed by atoms with Crippen LogP contribution < -0.4 is 5.32 Å². The van der Waals surface area contributed by atoms with E-state index in [1.807, 2.05) is 5.32 Å². The fourth-order valence-corrected chi connectivity index (χ4v) is 1.04. The van der Waals surface area contributed by atoms with Crippen LogP contribution in [0.4, 0.5) is 0 Å². The van der Waals surface area contributed by atoms with Gasteiger partial charge < -0.3 is 30.5 Å². The second-order valence-corrected chi connectivity index (χ2v) is 3.25. The molecule has 0 aromatic rings. The molecule has 0 bridgehead atoms. The van der Waals surface area contributed by atoms with Crippen molar-refractivity contribution in [2.24, 2.45) is 0 Å². The Labute approximate surface area is 86.3 Å². The molecular weight excluding hydrogens is 206 g/mol. The first-order chi connectivity index (χ1) is 6.75. The summed E-state index contributed by atoms with van der Waals surface area (Å²) < 4.78 is 0. The van der Waals surface area contributed by atoms with Crippen LogP contribution in [0, 0.1) is 0 Å². The molecule has 15 heavy (non-hydrogen) atoms. The van der Waals surface area contributed by atoms with Crippen LogP contribution in [0.3, 0.4) is 0 Å². The fraction of sp³-hybridized carbons (Fsp3) is 0.750. The van der Waals surface area contributed by atoms with Gasteiger partial charge in [0.25, 0.3) is 0 Å². The normalized spacial score (nSPS) is 20.9. The van der Waals surface area contributed by atoms with E-state index in [2.05, 4.69) is 0 Å². The minimum atomic E-state index is -2.47. The topological polar surface area (TPSA) is 127 Å². The van der Waals surface area contributed by atoms with Gasteiger partial charge in [0, 0.05) is 6.92 Å². The quantitative estimate of drug-likeness (QED) is 0.250. The lowest BCUT2D eigenvalue weighted by Crippen LogP contribution is -2.66. The molecule has 0 saturated carbocycles. The van der Waals surface area contributed by atoms with Crippen molar-refractivity contribution >= 4 is 12.2 Å². The highest BCUT2D eigenvalue weighted by atomic mass is 16.4. The van der Waals surface area contributed by atoms with Crippen molar-refractivity contribution in [1.29, 1.82) is 0 Å². The van der Waals surface area contributed by atoms with E-state index in [-0.39, 0.29) is 6.29 Å². The number of carbonyl (C=O) groups excluding carboxylic acids is 2. The maximum atomic E-state index is 10.7. The van der Waals surface area contributed by atoms with E-state index in [1.165, 1.54) is 0 Å². The van der Waals surface area contributed by atoms with Crippen molar-refractivity contribution in [2.75, 3.05) is 0 Å². The maximum absolute atomic E-state index is 10.7. The number of hydrogen-bond acceptors (Lipinski definition) is 6. The average molecular weight is 221 g/mol. The number of hydrogen-bond donors (Lipinski definition) is 5. The van der Waals surface area contributed by atoms with E-state index in [1.54, 1.807) is 0 Å². The molecule has 0 unspecified atom stereocenters. The van der Waals surface area contributed by atoms with Crippen LogP contribution in [0.2, 0.25) is 0 Å². The largest absolute Gasteiger partial charge is 0.388 e. The molecule has 0 heterocycles. The maximum Gasteiger partial charge on any atom is 0.219 e. The zero-order chi connectivity index (χ0) is 12.2. The summed E-state index contributed by atoms with van der Waals surface area (Å²) in [5.41, 5.74) is -2.47. The first-order valence-corrected chi connectivity index (χ1v) is 4.26. The number of aliphatic hydroxyl groups excluding tert-OH is 3. The van der Waals surface area contributed by atoms with Crippen LogP contribution in [0.5, 0.6) is 0 Å². The Morgan fingerprint density at radius 1 is 1.40 bits per heavy atom. The molecule has 7 nitrogen and oxygen atoms in total. The SMILES string of the molecule is CC(=O)N[C@@](O)([C@H](O)[C@@H](O)C=O)[C@@H](C)O. The Morgan fingerprint density at radius 2 is 1.87 bits per heavy atom. The monoisotopic (exact) mass is 221 g/mol. The molecule has 0 spiro atoms. The third-order valence-corrected chi connectivity index (χ3v) is 1.93. The van der Waals surface area contributed by atoms with Crippen LogP contribution in [-0.2, 0) is 9.59 Å². The second kappa shape index (κ2) is 5.17. The number of nitrogens with one attached hydrogen (secondary N) is 1. The molecule has 7 heteroatoms. The van der Waals surface area contributed by atoms with Crippen molar-refractivity contribution in [3.05, 3.63) is 0 Å². The highest BCUT2D eigenvalue weighted by Gasteiger charge is 2.44. The lowest BCUT2D eigenvalue weighted by molar-refractivity contribution is -0.190. The Kier molecular flexibility index (Phi) is 4.82. The molecule has 0 aliphatic rings. The van der Waals surface area contributed by atoms with E-state index in [0.717, 1.165) is 13.8 Å². The minimum Gasteiger partial charge on any atom is -0.388 e. The fourth-order valence-electron chi connectivity index (χ4n) is 1.04. The summed E-state index contributed by atoms with van der Waals surface area (Å²) >= 11 is 0.